The Morgan fingerprint density at radius 1 is 1.17 bits per heavy atom. The van der Waals surface area contributed by atoms with Crippen molar-refractivity contribution in [3.8, 4) is 0 Å². The maximum atomic E-state index is 13.0. The summed E-state index contributed by atoms with van der Waals surface area (Å²) in [5.41, 5.74) is 3.87. The summed E-state index contributed by atoms with van der Waals surface area (Å²) in [6, 6.07) is 4.60. The Balaban J connectivity index is 1.36. The summed E-state index contributed by atoms with van der Waals surface area (Å²) in [5, 5.41) is 12.4. The van der Waals surface area contributed by atoms with E-state index < -0.39 is 18.3 Å². The minimum absolute atomic E-state index is 0.100. The molecule has 0 aromatic heterocycles. The third-order valence-corrected chi connectivity index (χ3v) is 6.79. The lowest BCUT2D eigenvalue weighted by Gasteiger charge is -2.38. The third-order valence-electron chi connectivity index (χ3n) is 6.79. The van der Waals surface area contributed by atoms with E-state index in [4.69, 9.17) is 0 Å². The Hall–Kier alpha value is -1.80. The summed E-state index contributed by atoms with van der Waals surface area (Å²) in [4.78, 5) is 12.8. The number of carbonyl (C=O) groups is 1. The van der Waals surface area contributed by atoms with E-state index in [9.17, 15) is 18.0 Å². The molecule has 3 aliphatic heterocycles. The van der Waals surface area contributed by atoms with Crippen LogP contribution in [0.25, 0.3) is 0 Å². The fraction of sp³-hybridized carbons (Fsp3) is 0.682. The SMILES string of the molecule is CC1CC(C(=O)NC2CCNC(C(F)(F)F)C2)CNC1c1cccc2c1CCCN2. The van der Waals surface area contributed by atoms with Gasteiger partial charge in [0.15, 0.2) is 0 Å². The van der Waals surface area contributed by atoms with Crippen LogP contribution >= 0.6 is 0 Å². The van der Waals surface area contributed by atoms with Gasteiger partial charge in [0.25, 0.3) is 0 Å². The summed E-state index contributed by atoms with van der Waals surface area (Å²) in [5.74, 6) is -0.0793. The Morgan fingerprint density at radius 3 is 2.77 bits per heavy atom. The number of anilines is 1. The van der Waals surface area contributed by atoms with E-state index in [2.05, 4.69) is 46.4 Å². The van der Waals surface area contributed by atoms with E-state index in [1.54, 1.807) is 0 Å². The fourth-order valence-electron chi connectivity index (χ4n) is 5.20. The molecule has 0 aliphatic carbocycles. The first-order chi connectivity index (χ1) is 14.3. The minimum Gasteiger partial charge on any atom is -0.385 e. The molecule has 5 nitrogen and oxygen atoms in total. The lowest BCUT2D eigenvalue weighted by Crippen LogP contribution is -2.55. The third kappa shape index (κ3) is 4.59. The van der Waals surface area contributed by atoms with Crippen molar-refractivity contribution in [2.24, 2.45) is 11.8 Å². The molecule has 166 valence electrons. The number of carbonyl (C=O) groups excluding carboxylic acids is 1. The highest BCUT2D eigenvalue weighted by atomic mass is 19.4. The maximum Gasteiger partial charge on any atom is 0.403 e. The first-order valence-corrected chi connectivity index (χ1v) is 11.0. The lowest BCUT2D eigenvalue weighted by atomic mass is 9.79. The van der Waals surface area contributed by atoms with Gasteiger partial charge in [0.05, 0.1) is 5.92 Å². The van der Waals surface area contributed by atoms with Gasteiger partial charge in [-0.2, -0.15) is 13.2 Å². The number of nitrogens with one attached hydrogen (secondary N) is 4. The second kappa shape index (κ2) is 8.75. The summed E-state index contributed by atoms with van der Waals surface area (Å²) >= 11 is 0. The number of halogens is 3. The van der Waals surface area contributed by atoms with Crippen molar-refractivity contribution in [1.29, 1.82) is 0 Å². The zero-order chi connectivity index (χ0) is 21.3. The molecule has 2 saturated heterocycles. The predicted molar refractivity (Wildman–Crippen MR) is 110 cm³/mol. The molecule has 2 fully saturated rings. The molecular formula is C22H31F3N4O. The molecule has 0 spiro atoms. The van der Waals surface area contributed by atoms with E-state index in [1.165, 1.54) is 16.8 Å². The number of rotatable bonds is 3. The molecule has 4 rings (SSSR count). The largest absolute Gasteiger partial charge is 0.403 e. The van der Waals surface area contributed by atoms with Crippen LogP contribution < -0.4 is 21.3 Å². The second-order valence-electron chi connectivity index (χ2n) is 8.98. The number of hydrogen-bond donors (Lipinski definition) is 4. The predicted octanol–water partition coefficient (Wildman–Crippen LogP) is 3.13. The molecular weight excluding hydrogens is 393 g/mol. The number of hydrogen-bond acceptors (Lipinski definition) is 4. The van der Waals surface area contributed by atoms with E-state index >= 15 is 0 Å². The molecule has 8 heteroatoms. The molecule has 30 heavy (non-hydrogen) atoms. The average Bonchev–Trinajstić information content (AvgIpc) is 2.73. The minimum atomic E-state index is -4.28. The molecule has 1 aromatic rings. The summed E-state index contributed by atoms with van der Waals surface area (Å²) in [6.07, 6.45) is -0.944. The van der Waals surface area contributed by atoms with E-state index in [0.29, 0.717) is 13.0 Å². The van der Waals surface area contributed by atoms with E-state index in [-0.39, 0.29) is 36.8 Å². The number of fused-ring (bicyclic) bond motifs is 1. The summed E-state index contributed by atoms with van der Waals surface area (Å²) < 4.78 is 39.0. The van der Waals surface area contributed by atoms with Crippen molar-refractivity contribution >= 4 is 11.6 Å². The van der Waals surface area contributed by atoms with Crippen LogP contribution in [0.4, 0.5) is 18.9 Å². The van der Waals surface area contributed by atoms with Crippen LogP contribution in [0.1, 0.15) is 49.8 Å². The quantitative estimate of drug-likeness (QED) is 0.602. The van der Waals surface area contributed by atoms with Gasteiger partial charge in [-0.3, -0.25) is 4.79 Å². The Morgan fingerprint density at radius 2 is 2.00 bits per heavy atom. The van der Waals surface area contributed by atoms with Crippen molar-refractivity contribution < 1.29 is 18.0 Å². The highest BCUT2D eigenvalue weighted by Crippen LogP contribution is 2.37. The van der Waals surface area contributed by atoms with Crippen molar-refractivity contribution in [3.63, 3.8) is 0 Å². The van der Waals surface area contributed by atoms with Gasteiger partial charge in [0.2, 0.25) is 5.91 Å². The maximum absolute atomic E-state index is 13.0. The van der Waals surface area contributed by atoms with Crippen LogP contribution in [0.15, 0.2) is 18.2 Å². The molecule has 5 atom stereocenters. The normalized spacial score (nSPS) is 32.1. The monoisotopic (exact) mass is 424 g/mol. The smallest absolute Gasteiger partial charge is 0.385 e. The number of piperidine rings is 2. The molecule has 1 aromatic carbocycles. The molecule has 1 amide bonds. The van der Waals surface area contributed by atoms with Gasteiger partial charge in [-0.05, 0) is 61.8 Å². The van der Waals surface area contributed by atoms with Crippen LogP contribution in [0.3, 0.4) is 0 Å². The van der Waals surface area contributed by atoms with Crippen LogP contribution in [0, 0.1) is 11.8 Å². The second-order valence-corrected chi connectivity index (χ2v) is 8.98. The van der Waals surface area contributed by atoms with Crippen LogP contribution in [0.5, 0.6) is 0 Å². The van der Waals surface area contributed by atoms with Gasteiger partial charge >= 0.3 is 6.18 Å². The molecule has 4 N–H and O–H groups in total. The lowest BCUT2D eigenvalue weighted by molar-refractivity contribution is -0.162. The van der Waals surface area contributed by atoms with Crippen molar-refractivity contribution in [2.75, 3.05) is 25.0 Å². The van der Waals surface area contributed by atoms with Gasteiger partial charge in [0.1, 0.15) is 6.04 Å². The molecule has 0 radical (unpaired) electrons. The molecule has 5 unspecified atom stereocenters. The van der Waals surface area contributed by atoms with Crippen molar-refractivity contribution in [2.45, 2.75) is 63.3 Å². The van der Waals surface area contributed by atoms with Crippen LogP contribution in [-0.2, 0) is 11.2 Å². The van der Waals surface area contributed by atoms with Gasteiger partial charge in [-0.25, -0.2) is 0 Å². The number of alkyl halides is 3. The van der Waals surface area contributed by atoms with Crippen molar-refractivity contribution in [1.82, 2.24) is 16.0 Å². The fourth-order valence-corrected chi connectivity index (χ4v) is 5.20. The molecule has 3 aliphatic rings. The van der Waals surface area contributed by atoms with Gasteiger partial charge in [0, 0.05) is 30.9 Å². The van der Waals surface area contributed by atoms with Gasteiger partial charge in [-0.15, -0.1) is 0 Å². The van der Waals surface area contributed by atoms with Crippen molar-refractivity contribution in [3.05, 3.63) is 29.3 Å². The summed E-state index contributed by atoms with van der Waals surface area (Å²) in [6.45, 7) is 3.96. The number of amides is 1. The summed E-state index contributed by atoms with van der Waals surface area (Å²) in [7, 11) is 0. The molecule has 0 saturated carbocycles. The Kier molecular flexibility index (Phi) is 6.25. The van der Waals surface area contributed by atoms with E-state index in [1.807, 2.05) is 0 Å². The first kappa shape index (κ1) is 21.4. The zero-order valence-electron chi connectivity index (χ0n) is 17.3. The van der Waals surface area contributed by atoms with Gasteiger partial charge in [-0.1, -0.05) is 19.1 Å². The van der Waals surface area contributed by atoms with Crippen LogP contribution in [-0.4, -0.2) is 43.8 Å². The highest BCUT2D eigenvalue weighted by Gasteiger charge is 2.43. The molecule has 3 heterocycles. The average molecular weight is 425 g/mol. The van der Waals surface area contributed by atoms with Crippen LogP contribution in [0.2, 0.25) is 0 Å². The highest BCUT2D eigenvalue weighted by molar-refractivity contribution is 5.79. The topological polar surface area (TPSA) is 65.2 Å². The molecule has 0 bridgehead atoms. The standard InChI is InChI=1S/C22H31F3N4O/c1-13-10-14(21(30)29-15-7-9-27-19(11-15)22(23,24)25)12-28-20(13)17-4-2-6-18-16(17)5-3-8-26-18/h2,4,6,13-15,19-20,26-28H,3,5,7-12H2,1H3,(H,29,30). The Bertz CT molecular complexity index is 769. The first-order valence-electron chi connectivity index (χ1n) is 11.0. The Labute approximate surface area is 175 Å². The van der Waals surface area contributed by atoms with Gasteiger partial charge < -0.3 is 21.3 Å². The zero-order valence-corrected chi connectivity index (χ0v) is 17.3. The van der Waals surface area contributed by atoms with E-state index in [0.717, 1.165) is 25.8 Å². The number of benzene rings is 1.